The lowest BCUT2D eigenvalue weighted by Crippen LogP contribution is -2.73. The average molecular weight is 376 g/mol. The number of imide groups is 2. The third-order valence-corrected chi connectivity index (χ3v) is 6.12. The number of urea groups is 1. The molecule has 4 rings (SSSR count). The standard InChI is InChI=1S/C19H22ClN3O3/c1-18(2,3)23-16(25)19(15(24)21-17(23)26)10-11-12(20)6-4-7-13(11)22-9-5-8-14(19)22/h4,6-7,14H,5,8-10H2,1-3H3,(H,21,24,26)/t14-,19-/m0/s1. The molecule has 3 heterocycles. The monoisotopic (exact) mass is 375 g/mol. The number of hydrogen-bond acceptors (Lipinski definition) is 4. The molecule has 4 amide bonds. The molecule has 0 aliphatic carbocycles. The van der Waals surface area contributed by atoms with Gasteiger partial charge in [-0.3, -0.25) is 19.8 Å². The Kier molecular flexibility index (Phi) is 3.64. The number of nitrogens with zero attached hydrogens (tertiary/aromatic N) is 2. The second kappa shape index (κ2) is 5.46. The largest absolute Gasteiger partial charge is 0.367 e. The molecule has 26 heavy (non-hydrogen) atoms. The number of hydrogen-bond donors (Lipinski definition) is 1. The Balaban J connectivity index is 1.91. The molecular weight excluding hydrogens is 354 g/mol. The SMILES string of the molecule is CC(C)(C)N1C(=O)NC(=O)[C@@]2(Cc3c(Cl)cccc3N3CCC[C@H]32)C1=O. The van der Waals surface area contributed by atoms with Gasteiger partial charge in [0.2, 0.25) is 11.8 Å². The van der Waals surface area contributed by atoms with Gasteiger partial charge in [-0.15, -0.1) is 0 Å². The lowest BCUT2D eigenvalue weighted by atomic mass is 9.68. The molecule has 2 atom stereocenters. The predicted octanol–water partition coefficient (Wildman–Crippen LogP) is 2.73. The average Bonchev–Trinajstić information content (AvgIpc) is 3.02. The van der Waals surface area contributed by atoms with Crippen molar-refractivity contribution in [1.82, 2.24) is 10.2 Å². The fourth-order valence-electron chi connectivity index (χ4n) is 4.67. The van der Waals surface area contributed by atoms with Crippen molar-refractivity contribution in [2.45, 2.75) is 51.6 Å². The maximum absolute atomic E-state index is 13.6. The van der Waals surface area contributed by atoms with Gasteiger partial charge in [-0.05, 0) is 51.3 Å². The summed E-state index contributed by atoms with van der Waals surface area (Å²) in [5, 5.41) is 3.00. The van der Waals surface area contributed by atoms with Crippen LogP contribution in [0.5, 0.6) is 0 Å². The highest BCUT2D eigenvalue weighted by atomic mass is 35.5. The van der Waals surface area contributed by atoms with Gasteiger partial charge in [-0.2, -0.15) is 0 Å². The Labute approximate surface area is 157 Å². The number of fused-ring (bicyclic) bond motifs is 4. The lowest BCUT2D eigenvalue weighted by molar-refractivity contribution is -0.156. The maximum atomic E-state index is 13.6. The van der Waals surface area contributed by atoms with E-state index in [9.17, 15) is 14.4 Å². The first-order valence-corrected chi connectivity index (χ1v) is 9.30. The Morgan fingerprint density at radius 1 is 1.23 bits per heavy atom. The van der Waals surface area contributed by atoms with Crippen molar-refractivity contribution >= 4 is 35.1 Å². The molecule has 0 saturated carbocycles. The number of amides is 4. The number of barbiturate groups is 1. The van der Waals surface area contributed by atoms with Gasteiger partial charge in [0.15, 0.2) is 5.41 Å². The van der Waals surface area contributed by atoms with Crippen LogP contribution in [-0.2, 0) is 16.0 Å². The molecule has 0 bridgehead atoms. The van der Waals surface area contributed by atoms with E-state index in [1.54, 1.807) is 26.8 Å². The van der Waals surface area contributed by atoms with Crippen LogP contribution in [0.25, 0.3) is 0 Å². The number of rotatable bonds is 0. The van der Waals surface area contributed by atoms with Crippen molar-refractivity contribution in [2.24, 2.45) is 5.41 Å². The highest BCUT2D eigenvalue weighted by Crippen LogP contribution is 2.50. The van der Waals surface area contributed by atoms with Gasteiger partial charge < -0.3 is 4.90 Å². The number of nitrogens with one attached hydrogen (secondary N) is 1. The molecule has 1 N–H and O–H groups in total. The second-order valence-corrected chi connectivity index (χ2v) is 8.71. The molecule has 1 aromatic carbocycles. The fourth-order valence-corrected chi connectivity index (χ4v) is 4.90. The van der Waals surface area contributed by atoms with Gasteiger partial charge in [0.25, 0.3) is 0 Å². The first kappa shape index (κ1) is 17.3. The van der Waals surface area contributed by atoms with Crippen LogP contribution >= 0.6 is 11.6 Å². The second-order valence-electron chi connectivity index (χ2n) is 8.31. The summed E-state index contributed by atoms with van der Waals surface area (Å²) in [5.41, 5.74) is -0.251. The Morgan fingerprint density at radius 2 is 1.96 bits per heavy atom. The number of carbonyl (C=O) groups is 3. The van der Waals surface area contributed by atoms with Gasteiger partial charge in [0.05, 0.1) is 6.04 Å². The molecule has 3 aliphatic rings. The molecule has 2 fully saturated rings. The quantitative estimate of drug-likeness (QED) is 0.708. The summed E-state index contributed by atoms with van der Waals surface area (Å²) in [4.78, 5) is 42.4. The molecule has 6 nitrogen and oxygen atoms in total. The molecule has 0 aromatic heterocycles. The summed E-state index contributed by atoms with van der Waals surface area (Å²) in [6.07, 6.45) is 1.84. The summed E-state index contributed by atoms with van der Waals surface area (Å²) in [6.45, 7) is 6.15. The summed E-state index contributed by atoms with van der Waals surface area (Å²) in [7, 11) is 0. The van der Waals surface area contributed by atoms with Crippen molar-refractivity contribution in [3.8, 4) is 0 Å². The normalized spacial score (nSPS) is 28.3. The number of anilines is 1. The van der Waals surface area contributed by atoms with Crippen LogP contribution < -0.4 is 10.2 Å². The first-order valence-electron chi connectivity index (χ1n) is 8.92. The van der Waals surface area contributed by atoms with E-state index < -0.39 is 28.8 Å². The molecule has 0 radical (unpaired) electrons. The van der Waals surface area contributed by atoms with Gasteiger partial charge >= 0.3 is 6.03 Å². The Hall–Kier alpha value is -2.08. The molecule has 1 aromatic rings. The summed E-state index contributed by atoms with van der Waals surface area (Å²) in [6, 6.07) is 4.75. The smallest absolute Gasteiger partial charge is 0.331 e. The number of halogens is 1. The number of benzene rings is 1. The van der Waals surface area contributed by atoms with Crippen LogP contribution in [0.15, 0.2) is 18.2 Å². The summed E-state index contributed by atoms with van der Waals surface area (Å²) < 4.78 is 0. The van der Waals surface area contributed by atoms with E-state index in [4.69, 9.17) is 11.6 Å². The third kappa shape index (κ3) is 2.14. The zero-order chi connectivity index (χ0) is 18.9. The molecule has 0 unspecified atom stereocenters. The molecular formula is C19H22ClN3O3. The molecule has 3 aliphatic heterocycles. The Bertz CT molecular complexity index is 832. The first-order chi connectivity index (χ1) is 12.2. The lowest BCUT2D eigenvalue weighted by Gasteiger charge is -2.51. The zero-order valence-corrected chi connectivity index (χ0v) is 15.9. The van der Waals surface area contributed by atoms with Crippen LogP contribution in [0.4, 0.5) is 10.5 Å². The topological polar surface area (TPSA) is 69.7 Å². The van der Waals surface area contributed by atoms with Crippen molar-refractivity contribution in [3.63, 3.8) is 0 Å². The minimum absolute atomic E-state index is 0.216. The predicted molar refractivity (Wildman–Crippen MR) is 98.1 cm³/mol. The van der Waals surface area contributed by atoms with Crippen LogP contribution in [-0.4, -0.2) is 40.9 Å². The van der Waals surface area contributed by atoms with E-state index in [-0.39, 0.29) is 12.5 Å². The van der Waals surface area contributed by atoms with Crippen molar-refractivity contribution in [2.75, 3.05) is 11.4 Å². The van der Waals surface area contributed by atoms with Crippen molar-refractivity contribution in [3.05, 3.63) is 28.8 Å². The van der Waals surface area contributed by atoms with Crippen molar-refractivity contribution < 1.29 is 14.4 Å². The Morgan fingerprint density at radius 3 is 2.65 bits per heavy atom. The van der Waals surface area contributed by atoms with Gasteiger partial charge in [0, 0.05) is 29.2 Å². The van der Waals surface area contributed by atoms with E-state index in [1.807, 2.05) is 12.1 Å². The van der Waals surface area contributed by atoms with Crippen LogP contribution in [0.1, 0.15) is 39.2 Å². The van der Waals surface area contributed by atoms with E-state index >= 15 is 0 Å². The maximum Gasteiger partial charge on any atom is 0.331 e. The summed E-state index contributed by atoms with van der Waals surface area (Å²) >= 11 is 6.44. The molecule has 1 spiro atoms. The minimum atomic E-state index is -1.32. The highest BCUT2D eigenvalue weighted by molar-refractivity contribution is 6.32. The minimum Gasteiger partial charge on any atom is -0.367 e. The highest BCUT2D eigenvalue weighted by Gasteiger charge is 2.64. The van der Waals surface area contributed by atoms with Gasteiger partial charge in [-0.1, -0.05) is 17.7 Å². The summed E-state index contributed by atoms with van der Waals surface area (Å²) in [5.74, 6) is -0.920. The van der Waals surface area contributed by atoms with E-state index in [1.165, 1.54) is 4.90 Å². The van der Waals surface area contributed by atoms with Crippen LogP contribution in [0, 0.1) is 5.41 Å². The molecule has 7 heteroatoms. The van der Waals surface area contributed by atoms with E-state index in [0.29, 0.717) is 5.02 Å². The third-order valence-electron chi connectivity index (χ3n) is 5.77. The molecule has 138 valence electrons. The van der Waals surface area contributed by atoms with Gasteiger partial charge in [-0.25, -0.2) is 4.79 Å². The zero-order valence-electron chi connectivity index (χ0n) is 15.1. The van der Waals surface area contributed by atoms with Gasteiger partial charge in [0.1, 0.15) is 0 Å². The molecule has 2 saturated heterocycles. The fraction of sp³-hybridized carbons (Fsp3) is 0.526. The van der Waals surface area contributed by atoms with E-state index in [0.717, 1.165) is 30.6 Å². The number of carbonyl (C=O) groups excluding carboxylic acids is 3. The van der Waals surface area contributed by atoms with E-state index in [2.05, 4.69) is 10.2 Å². The van der Waals surface area contributed by atoms with Crippen LogP contribution in [0.3, 0.4) is 0 Å². The van der Waals surface area contributed by atoms with Crippen LogP contribution in [0.2, 0.25) is 5.02 Å². The van der Waals surface area contributed by atoms with Crippen molar-refractivity contribution in [1.29, 1.82) is 0 Å².